The number of methoxy groups -OCH3 is 1. The van der Waals surface area contributed by atoms with Gasteiger partial charge < -0.3 is 20.1 Å². The first-order chi connectivity index (χ1) is 13.7. The van der Waals surface area contributed by atoms with E-state index in [0.717, 1.165) is 28.3 Å². The van der Waals surface area contributed by atoms with Crippen LogP contribution in [0.5, 0.6) is 11.5 Å². The summed E-state index contributed by atoms with van der Waals surface area (Å²) in [5.41, 5.74) is 3.13. The number of ether oxygens (including phenoxy) is 2. The molecule has 1 atom stereocenters. The Hall–Kier alpha value is -3.05. The molecule has 0 aliphatic heterocycles. The molecule has 0 fully saturated rings. The first-order valence-corrected chi connectivity index (χ1v) is 9.59. The monoisotopic (exact) mass is 392 g/mol. The first-order valence-electron chi connectivity index (χ1n) is 9.19. The van der Waals surface area contributed by atoms with E-state index < -0.39 is 0 Å². The Balaban J connectivity index is 1.75. The molecule has 144 valence electrons. The molecule has 4 nitrogen and oxygen atoms in total. The molecule has 3 rings (SSSR count). The molecule has 3 aromatic carbocycles. The highest BCUT2D eigenvalue weighted by molar-refractivity contribution is 7.80. The van der Waals surface area contributed by atoms with E-state index in [1.165, 1.54) is 0 Å². The molecule has 28 heavy (non-hydrogen) atoms. The van der Waals surface area contributed by atoms with Gasteiger partial charge in [-0.05, 0) is 66.7 Å². The van der Waals surface area contributed by atoms with Gasteiger partial charge in [-0.2, -0.15) is 0 Å². The molecule has 2 N–H and O–H groups in total. The van der Waals surface area contributed by atoms with Gasteiger partial charge in [0.05, 0.1) is 19.8 Å². The molecule has 3 aromatic rings. The molecule has 0 saturated heterocycles. The number of benzene rings is 3. The summed E-state index contributed by atoms with van der Waals surface area (Å²) in [5.74, 6) is 1.66. The highest BCUT2D eigenvalue weighted by atomic mass is 32.1. The Bertz CT molecular complexity index is 881. The molecule has 0 saturated carbocycles. The molecular weight excluding hydrogens is 368 g/mol. The zero-order valence-electron chi connectivity index (χ0n) is 16.0. The zero-order valence-corrected chi connectivity index (χ0v) is 16.8. The Morgan fingerprint density at radius 2 is 1.46 bits per heavy atom. The lowest BCUT2D eigenvalue weighted by molar-refractivity contribution is 0.340. The third-order valence-electron chi connectivity index (χ3n) is 4.28. The summed E-state index contributed by atoms with van der Waals surface area (Å²) in [4.78, 5) is 0. The summed E-state index contributed by atoms with van der Waals surface area (Å²) in [5, 5.41) is 7.22. The SMILES string of the molecule is CCOc1ccc(NC(=S)N[C@H](c2ccccc2)c2ccc(OC)cc2)cc1. The van der Waals surface area contributed by atoms with Gasteiger partial charge in [0.15, 0.2) is 5.11 Å². The minimum atomic E-state index is -0.0743. The van der Waals surface area contributed by atoms with E-state index in [0.29, 0.717) is 11.7 Å². The second-order valence-corrected chi connectivity index (χ2v) is 6.58. The summed E-state index contributed by atoms with van der Waals surface area (Å²) in [7, 11) is 1.66. The van der Waals surface area contributed by atoms with E-state index in [1.54, 1.807) is 7.11 Å². The summed E-state index contributed by atoms with van der Waals surface area (Å²) in [6.07, 6.45) is 0. The van der Waals surface area contributed by atoms with Crippen molar-refractivity contribution in [2.75, 3.05) is 19.0 Å². The van der Waals surface area contributed by atoms with Crippen LogP contribution in [-0.2, 0) is 0 Å². The van der Waals surface area contributed by atoms with Crippen LogP contribution >= 0.6 is 12.2 Å². The standard InChI is InChI=1S/C23H24N2O2S/c1-3-27-21-15-11-19(12-16-21)24-23(28)25-22(17-7-5-4-6-8-17)18-9-13-20(26-2)14-10-18/h4-16,22H,3H2,1-2H3,(H2,24,25,28)/t22-/m1/s1. The highest BCUT2D eigenvalue weighted by Crippen LogP contribution is 2.24. The van der Waals surface area contributed by atoms with Crippen LogP contribution in [0.15, 0.2) is 78.9 Å². The minimum Gasteiger partial charge on any atom is -0.497 e. The van der Waals surface area contributed by atoms with Crippen molar-refractivity contribution in [3.05, 3.63) is 90.0 Å². The fraction of sp³-hybridized carbons (Fsp3) is 0.174. The molecule has 0 spiro atoms. The van der Waals surface area contributed by atoms with Gasteiger partial charge in [0, 0.05) is 5.69 Å². The van der Waals surface area contributed by atoms with Crippen LogP contribution in [0.2, 0.25) is 0 Å². The molecule has 5 heteroatoms. The van der Waals surface area contributed by atoms with Gasteiger partial charge in [-0.3, -0.25) is 0 Å². The van der Waals surface area contributed by atoms with Crippen molar-refractivity contribution in [2.45, 2.75) is 13.0 Å². The van der Waals surface area contributed by atoms with Crippen molar-refractivity contribution >= 4 is 23.0 Å². The number of hydrogen-bond acceptors (Lipinski definition) is 3. The van der Waals surface area contributed by atoms with Crippen LogP contribution in [-0.4, -0.2) is 18.8 Å². The van der Waals surface area contributed by atoms with E-state index in [4.69, 9.17) is 21.7 Å². The largest absolute Gasteiger partial charge is 0.497 e. The third kappa shape index (κ3) is 5.24. The second-order valence-electron chi connectivity index (χ2n) is 6.17. The van der Waals surface area contributed by atoms with Crippen LogP contribution in [0.25, 0.3) is 0 Å². The molecule has 0 heterocycles. The smallest absolute Gasteiger partial charge is 0.171 e. The van der Waals surface area contributed by atoms with Gasteiger partial charge in [-0.25, -0.2) is 0 Å². The predicted octanol–water partition coefficient (Wildman–Crippen LogP) is 5.17. The fourth-order valence-electron chi connectivity index (χ4n) is 2.90. The molecule has 0 radical (unpaired) electrons. The molecule has 0 aliphatic carbocycles. The van der Waals surface area contributed by atoms with Crippen molar-refractivity contribution in [3.63, 3.8) is 0 Å². The van der Waals surface area contributed by atoms with Gasteiger partial charge >= 0.3 is 0 Å². The molecule has 0 aromatic heterocycles. The molecule has 0 aliphatic rings. The number of nitrogens with one attached hydrogen (secondary N) is 2. The quantitative estimate of drug-likeness (QED) is 0.543. The van der Waals surface area contributed by atoms with E-state index in [-0.39, 0.29) is 6.04 Å². The van der Waals surface area contributed by atoms with Gasteiger partial charge in [0.1, 0.15) is 11.5 Å². The zero-order chi connectivity index (χ0) is 19.8. The lowest BCUT2D eigenvalue weighted by Gasteiger charge is -2.22. The Morgan fingerprint density at radius 1 is 0.857 bits per heavy atom. The Kier molecular flexibility index (Phi) is 6.87. The fourth-order valence-corrected chi connectivity index (χ4v) is 3.14. The Morgan fingerprint density at radius 3 is 2.07 bits per heavy atom. The van der Waals surface area contributed by atoms with E-state index in [2.05, 4.69) is 22.8 Å². The highest BCUT2D eigenvalue weighted by Gasteiger charge is 2.15. The van der Waals surface area contributed by atoms with Crippen LogP contribution in [0.4, 0.5) is 5.69 Å². The lowest BCUT2D eigenvalue weighted by Crippen LogP contribution is -2.33. The van der Waals surface area contributed by atoms with E-state index >= 15 is 0 Å². The summed E-state index contributed by atoms with van der Waals surface area (Å²) >= 11 is 5.57. The van der Waals surface area contributed by atoms with Crippen LogP contribution in [0.3, 0.4) is 0 Å². The topological polar surface area (TPSA) is 42.5 Å². The molecule has 0 unspecified atom stereocenters. The van der Waals surface area contributed by atoms with Crippen LogP contribution in [0.1, 0.15) is 24.1 Å². The molecule has 0 amide bonds. The number of anilines is 1. The maximum atomic E-state index is 5.57. The van der Waals surface area contributed by atoms with Crippen molar-refractivity contribution in [2.24, 2.45) is 0 Å². The van der Waals surface area contributed by atoms with Crippen molar-refractivity contribution in [1.82, 2.24) is 5.32 Å². The molecule has 0 bridgehead atoms. The number of hydrogen-bond donors (Lipinski definition) is 2. The number of rotatable bonds is 7. The van der Waals surface area contributed by atoms with Gasteiger partial charge in [0.2, 0.25) is 0 Å². The number of thiocarbonyl (C=S) groups is 1. The van der Waals surface area contributed by atoms with E-state index in [1.807, 2.05) is 73.7 Å². The van der Waals surface area contributed by atoms with Crippen molar-refractivity contribution in [3.8, 4) is 11.5 Å². The Labute approximate surface area is 171 Å². The normalized spacial score (nSPS) is 11.4. The maximum absolute atomic E-state index is 5.57. The molecular formula is C23H24N2O2S. The average Bonchev–Trinajstić information content (AvgIpc) is 2.74. The second kappa shape index (κ2) is 9.76. The van der Waals surface area contributed by atoms with Crippen LogP contribution < -0.4 is 20.1 Å². The van der Waals surface area contributed by atoms with Gasteiger partial charge in [-0.15, -0.1) is 0 Å². The van der Waals surface area contributed by atoms with Crippen LogP contribution in [0, 0.1) is 0 Å². The summed E-state index contributed by atoms with van der Waals surface area (Å²) in [6, 6.07) is 25.9. The predicted molar refractivity (Wildman–Crippen MR) is 118 cm³/mol. The summed E-state index contributed by atoms with van der Waals surface area (Å²) < 4.78 is 10.8. The minimum absolute atomic E-state index is 0.0743. The van der Waals surface area contributed by atoms with Gasteiger partial charge in [0.25, 0.3) is 0 Å². The van der Waals surface area contributed by atoms with Crippen molar-refractivity contribution in [1.29, 1.82) is 0 Å². The van der Waals surface area contributed by atoms with Crippen molar-refractivity contribution < 1.29 is 9.47 Å². The third-order valence-corrected chi connectivity index (χ3v) is 4.50. The van der Waals surface area contributed by atoms with E-state index in [9.17, 15) is 0 Å². The van der Waals surface area contributed by atoms with Gasteiger partial charge in [-0.1, -0.05) is 42.5 Å². The maximum Gasteiger partial charge on any atom is 0.171 e. The summed E-state index contributed by atoms with van der Waals surface area (Å²) in [6.45, 7) is 2.61. The lowest BCUT2D eigenvalue weighted by atomic mass is 9.99. The first kappa shape index (κ1) is 19.7. The average molecular weight is 393 g/mol.